The Morgan fingerprint density at radius 3 is 2.75 bits per heavy atom. The van der Waals surface area contributed by atoms with Crippen LogP contribution in [0.1, 0.15) is 25.1 Å². The highest BCUT2D eigenvalue weighted by molar-refractivity contribution is 7.99. The third-order valence-corrected chi connectivity index (χ3v) is 4.36. The second-order valence-electron chi connectivity index (χ2n) is 5.31. The molecule has 0 spiro atoms. The van der Waals surface area contributed by atoms with Crippen molar-refractivity contribution in [2.75, 3.05) is 12.4 Å². The average molecular weight is 356 g/mol. The van der Waals surface area contributed by atoms with Gasteiger partial charge in [-0.2, -0.15) is 0 Å². The van der Waals surface area contributed by atoms with Crippen LogP contribution in [0.2, 0.25) is 0 Å². The second kappa shape index (κ2) is 8.64. The van der Waals surface area contributed by atoms with Gasteiger partial charge < -0.3 is 20.8 Å². The van der Waals surface area contributed by atoms with Gasteiger partial charge in [0, 0.05) is 19.4 Å². The zero-order valence-electron chi connectivity index (χ0n) is 13.1. The summed E-state index contributed by atoms with van der Waals surface area (Å²) in [4.78, 5) is 33.2. The summed E-state index contributed by atoms with van der Waals surface area (Å²) in [7, 11) is 0. The van der Waals surface area contributed by atoms with Crippen LogP contribution in [0.5, 0.6) is 0 Å². The van der Waals surface area contributed by atoms with Crippen LogP contribution in [-0.4, -0.2) is 51.1 Å². The number of urea groups is 1. The van der Waals surface area contributed by atoms with Crippen LogP contribution in [0, 0.1) is 0 Å². The largest absolute Gasteiger partial charge is 0.376 e. The molecular formula is C13H20N6O4S. The molecule has 132 valence electrons. The van der Waals surface area contributed by atoms with Gasteiger partial charge in [-0.3, -0.25) is 14.9 Å². The number of nitrogens with zero attached hydrogens (tertiary/aromatic N) is 3. The van der Waals surface area contributed by atoms with Crippen molar-refractivity contribution in [2.45, 2.75) is 43.5 Å². The summed E-state index contributed by atoms with van der Waals surface area (Å²) in [5.41, 5.74) is 10.1. The number of amides is 4. The number of nitrogens with two attached hydrogens (primary N) is 2. The van der Waals surface area contributed by atoms with Gasteiger partial charge in [-0.25, -0.2) is 4.79 Å². The van der Waals surface area contributed by atoms with Gasteiger partial charge in [-0.15, -0.1) is 10.2 Å². The summed E-state index contributed by atoms with van der Waals surface area (Å²) in [6, 6.07) is -0.899. The van der Waals surface area contributed by atoms with E-state index in [1.807, 2.05) is 9.88 Å². The number of aryl methyl sites for hydroxylation is 1. The number of thioether (sulfide) groups is 1. The fourth-order valence-electron chi connectivity index (χ4n) is 2.32. The Labute approximate surface area is 142 Å². The maximum absolute atomic E-state index is 11.5. The van der Waals surface area contributed by atoms with Crippen molar-refractivity contribution >= 4 is 29.6 Å². The molecule has 1 aliphatic heterocycles. The molecule has 11 heteroatoms. The van der Waals surface area contributed by atoms with Crippen LogP contribution < -0.4 is 16.8 Å². The van der Waals surface area contributed by atoms with Gasteiger partial charge in [-0.1, -0.05) is 11.8 Å². The molecule has 0 aliphatic carbocycles. The Balaban J connectivity index is 2.05. The van der Waals surface area contributed by atoms with Crippen LogP contribution in [0.15, 0.2) is 5.16 Å². The number of hydrogen-bond donors (Lipinski definition) is 3. The van der Waals surface area contributed by atoms with Crippen molar-refractivity contribution in [1.82, 2.24) is 20.1 Å². The number of rotatable bonds is 8. The number of nitrogens with one attached hydrogen (secondary N) is 1. The summed E-state index contributed by atoms with van der Waals surface area (Å²) in [5, 5.41) is 10.6. The van der Waals surface area contributed by atoms with Crippen LogP contribution in [0.4, 0.5) is 4.79 Å². The molecule has 0 saturated carbocycles. The highest BCUT2D eigenvalue weighted by Crippen LogP contribution is 2.21. The summed E-state index contributed by atoms with van der Waals surface area (Å²) >= 11 is 1.13. The lowest BCUT2D eigenvalue weighted by molar-refractivity contribution is -0.118. The number of carbonyl (C=O) groups is 3. The predicted molar refractivity (Wildman–Crippen MR) is 85.0 cm³/mol. The molecule has 0 unspecified atom stereocenters. The fourth-order valence-corrected chi connectivity index (χ4v) is 3.09. The molecule has 0 bridgehead atoms. The zero-order chi connectivity index (χ0) is 17.5. The first-order chi connectivity index (χ1) is 11.5. The Kier molecular flexibility index (Phi) is 6.55. The molecule has 1 fully saturated rings. The molecule has 1 aromatic heterocycles. The summed E-state index contributed by atoms with van der Waals surface area (Å²) in [5.74, 6) is -0.348. The van der Waals surface area contributed by atoms with Crippen molar-refractivity contribution in [3.05, 3.63) is 5.82 Å². The predicted octanol–water partition coefficient (Wildman–Crippen LogP) is -0.838. The molecule has 5 N–H and O–H groups in total. The smallest absolute Gasteiger partial charge is 0.318 e. The van der Waals surface area contributed by atoms with Gasteiger partial charge in [0.1, 0.15) is 5.82 Å². The zero-order valence-corrected chi connectivity index (χ0v) is 13.9. The van der Waals surface area contributed by atoms with Crippen molar-refractivity contribution < 1.29 is 19.1 Å². The monoisotopic (exact) mass is 356 g/mol. The van der Waals surface area contributed by atoms with E-state index in [0.717, 1.165) is 24.6 Å². The van der Waals surface area contributed by atoms with E-state index in [4.69, 9.17) is 16.2 Å². The first-order valence-electron chi connectivity index (χ1n) is 7.49. The van der Waals surface area contributed by atoms with E-state index in [2.05, 4.69) is 10.2 Å². The SMILES string of the molecule is NC(=O)CCc1nnc(SCC(=O)NC(N)=O)n1C[C@H]1CCCO1. The van der Waals surface area contributed by atoms with E-state index in [1.54, 1.807) is 0 Å². The highest BCUT2D eigenvalue weighted by atomic mass is 32.2. The van der Waals surface area contributed by atoms with E-state index in [1.165, 1.54) is 0 Å². The van der Waals surface area contributed by atoms with E-state index in [0.29, 0.717) is 30.6 Å². The molecule has 2 heterocycles. The summed E-state index contributed by atoms with van der Waals surface area (Å²) in [6.07, 6.45) is 2.50. The first kappa shape index (κ1) is 18.2. The minimum atomic E-state index is -0.899. The van der Waals surface area contributed by atoms with E-state index in [-0.39, 0.29) is 18.3 Å². The molecule has 10 nitrogen and oxygen atoms in total. The first-order valence-corrected chi connectivity index (χ1v) is 8.48. The Hall–Kier alpha value is -2.14. The lowest BCUT2D eigenvalue weighted by atomic mass is 10.2. The van der Waals surface area contributed by atoms with Crippen molar-refractivity contribution in [3.8, 4) is 0 Å². The number of primary amides is 2. The van der Waals surface area contributed by atoms with Gasteiger partial charge in [-0.05, 0) is 12.8 Å². The van der Waals surface area contributed by atoms with Gasteiger partial charge in [0.15, 0.2) is 5.16 Å². The number of aromatic nitrogens is 3. The van der Waals surface area contributed by atoms with Gasteiger partial charge in [0.05, 0.1) is 18.4 Å². The summed E-state index contributed by atoms with van der Waals surface area (Å²) in [6.45, 7) is 1.26. The third-order valence-electron chi connectivity index (χ3n) is 3.39. The minimum absolute atomic E-state index is 0.0254. The topological polar surface area (TPSA) is 155 Å². The molecule has 1 aliphatic rings. The molecule has 4 amide bonds. The Bertz CT molecular complexity index is 614. The lowest BCUT2D eigenvalue weighted by Crippen LogP contribution is -2.36. The van der Waals surface area contributed by atoms with Crippen LogP contribution >= 0.6 is 11.8 Å². The summed E-state index contributed by atoms with van der Waals surface area (Å²) < 4.78 is 7.46. The Morgan fingerprint density at radius 2 is 2.12 bits per heavy atom. The molecule has 1 atom stereocenters. The van der Waals surface area contributed by atoms with Crippen molar-refractivity contribution in [3.63, 3.8) is 0 Å². The molecular weight excluding hydrogens is 336 g/mol. The number of carbonyl (C=O) groups excluding carboxylic acids is 3. The normalized spacial score (nSPS) is 16.9. The van der Waals surface area contributed by atoms with Crippen LogP contribution in [0.3, 0.4) is 0 Å². The maximum atomic E-state index is 11.5. The number of ether oxygens (including phenoxy) is 1. The molecule has 2 rings (SSSR count). The van der Waals surface area contributed by atoms with Crippen molar-refractivity contribution in [1.29, 1.82) is 0 Å². The lowest BCUT2D eigenvalue weighted by Gasteiger charge is -2.14. The second-order valence-corrected chi connectivity index (χ2v) is 6.25. The average Bonchev–Trinajstić information content (AvgIpc) is 3.13. The molecule has 24 heavy (non-hydrogen) atoms. The van der Waals surface area contributed by atoms with Gasteiger partial charge >= 0.3 is 6.03 Å². The number of hydrogen-bond acceptors (Lipinski definition) is 7. The quantitative estimate of drug-likeness (QED) is 0.513. The standard InChI is InChI=1S/C13H20N6O4S/c14-9(20)3-4-10-17-18-13(24-7-11(21)16-12(15)22)19(10)6-8-2-1-5-23-8/h8H,1-7H2,(H2,14,20)(H3,15,16,21,22)/t8-/m1/s1. The van der Waals surface area contributed by atoms with Crippen LogP contribution in [-0.2, 0) is 27.3 Å². The van der Waals surface area contributed by atoms with E-state index in [9.17, 15) is 14.4 Å². The van der Waals surface area contributed by atoms with E-state index < -0.39 is 17.8 Å². The third kappa shape index (κ3) is 5.49. The van der Waals surface area contributed by atoms with E-state index >= 15 is 0 Å². The number of imide groups is 1. The fraction of sp³-hybridized carbons (Fsp3) is 0.615. The molecule has 0 radical (unpaired) electrons. The van der Waals surface area contributed by atoms with Crippen molar-refractivity contribution in [2.24, 2.45) is 11.5 Å². The van der Waals surface area contributed by atoms with Gasteiger partial charge in [0.2, 0.25) is 11.8 Å². The van der Waals surface area contributed by atoms with Gasteiger partial charge in [0.25, 0.3) is 0 Å². The Morgan fingerprint density at radius 1 is 1.33 bits per heavy atom. The molecule has 1 aromatic rings. The minimum Gasteiger partial charge on any atom is -0.376 e. The van der Waals surface area contributed by atoms with Crippen LogP contribution in [0.25, 0.3) is 0 Å². The molecule has 1 saturated heterocycles. The maximum Gasteiger partial charge on any atom is 0.318 e. The highest BCUT2D eigenvalue weighted by Gasteiger charge is 2.21. The molecule has 0 aromatic carbocycles.